The Bertz CT molecular complexity index is 333. The molecule has 1 aliphatic rings. The Labute approximate surface area is 122 Å². The van der Waals surface area contributed by atoms with Crippen molar-refractivity contribution in [2.45, 2.75) is 64.6 Å². The van der Waals surface area contributed by atoms with E-state index in [2.05, 4.69) is 40.9 Å². The summed E-state index contributed by atoms with van der Waals surface area (Å²) in [5.41, 5.74) is 1.49. The van der Waals surface area contributed by atoms with Crippen molar-refractivity contribution in [2.75, 3.05) is 13.1 Å². The normalized spacial score (nSPS) is 17.0. The molecule has 19 heavy (non-hydrogen) atoms. The van der Waals surface area contributed by atoms with Crippen LogP contribution in [0.15, 0.2) is 16.8 Å². The van der Waals surface area contributed by atoms with Gasteiger partial charge in [0.05, 0.1) is 0 Å². The van der Waals surface area contributed by atoms with Crippen LogP contribution in [-0.4, -0.2) is 30.1 Å². The van der Waals surface area contributed by atoms with Gasteiger partial charge in [-0.1, -0.05) is 6.92 Å². The minimum Gasteiger partial charge on any atom is -0.317 e. The van der Waals surface area contributed by atoms with Crippen LogP contribution in [0.5, 0.6) is 0 Å². The molecule has 3 heteroatoms. The molecule has 2 nitrogen and oxygen atoms in total. The highest BCUT2D eigenvalue weighted by atomic mass is 32.1. The van der Waals surface area contributed by atoms with Gasteiger partial charge in [0.25, 0.3) is 0 Å². The van der Waals surface area contributed by atoms with Crippen molar-refractivity contribution >= 4 is 11.3 Å². The first-order valence-electron chi connectivity index (χ1n) is 7.78. The number of nitrogens with one attached hydrogen (secondary N) is 1. The van der Waals surface area contributed by atoms with E-state index in [1.165, 1.54) is 44.2 Å². The molecule has 0 spiro atoms. The second-order valence-corrected chi connectivity index (χ2v) is 6.56. The van der Waals surface area contributed by atoms with Gasteiger partial charge >= 0.3 is 0 Å². The largest absolute Gasteiger partial charge is 0.317 e. The molecule has 108 valence electrons. The summed E-state index contributed by atoms with van der Waals surface area (Å²) in [5, 5.41) is 7.99. The van der Waals surface area contributed by atoms with E-state index in [9.17, 15) is 0 Å². The Morgan fingerprint density at radius 3 is 2.89 bits per heavy atom. The molecule has 0 aliphatic heterocycles. The molecule has 1 fully saturated rings. The lowest BCUT2D eigenvalue weighted by Gasteiger charge is -2.29. The van der Waals surface area contributed by atoms with Gasteiger partial charge in [0.2, 0.25) is 0 Å². The van der Waals surface area contributed by atoms with Gasteiger partial charge < -0.3 is 5.32 Å². The predicted molar refractivity (Wildman–Crippen MR) is 84.7 cm³/mol. The van der Waals surface area contributed by atoms with Crippen molar-refractivity contribution in [3.05, 3.63) is 22.4 Å². The van der Waals surface area contributed by atoms with Crippen LogP contribution in [0.3, 0.4) is 0 Å². The van der Waals surface area contributed by atoms with Gasteiger partial charge in [-0.25, -0.2) is 0 Å². The highest BCUT2D eigenvalue weighted by molar-refractivity contribution is 7.07. The molecule has 1 N–H and O–H groups in total. The lowest BCUT2D eigenvalue weighted by atomic mass is 10.1. The van der Waals surface area contributed by atoms with Crippen LogP contribution >= 0.6 is 11.3 Å². The molecule has 0 radical (unpaired) electrons. The fourth-order valence-electron chi connectivity index (χ4n) is 2.63. The lowest BCUT2D eigenvalue weighted by molar-refractivity contribution is 0.178. The molecule has 1 saturated carbocycles. The third-order valence-corrected chi connectivity index (χ3v) is 4.66. The number of hydrogen-bond donors (Lipinski definition) is 1. The fraction of sp³-hybridized carbons (Fsp3) is 0.750. The Morgan fingerprint density at radius 2 is 2.26 bits per heavy atom. The molecule has 0 aromatic carbocycles. The zero-order valence-corrected chi connectivity index (χ0v) is 13.2. The highest BCUT2D eigenvalue weighted by Crippen LogP contribution is 2.31. The maximum absolute atomic E-state index is 3.50. The van der Waals surface area contributed by atoms with Crippen LogP contribution in [-0.2, 0) is 6.54 Å². The summed E-state index contributed by atoms with van der Waals surface area (Å²) in [6.07, 6.45) is 6.67. The molecule has 1 aromatic rings. The van der Waals surface area contributed by atoms with E-state index < -0.39 is 0 Å². The zero-order valence-electron chi connectivity index (χ0n) is 12.4. The summed E-state index contributed by atoms with van der Waals surface area (Å²) in [6.45, 7) is 8.12. The molecule has 0 bridgehead atoms. The second kappa shape index (κ2) is 8.03. The Balaban J connectivity index is 1.72. The minimum atomic E-state index is 0.718. The first-order chi connectivity index (χ1) is 9.31. The summed E-state index contributed by atoms with van der Waals surface area (Å²) in [7, 11) is 0. The minimum absolute atomic E-state index is 0.718. The molecule has 1 aromatic heterocycles. The van der Waals surface area contributed by atoms with Crippen LogP contribution in [0.4, 0.5) is 0 Å². The monoisotopic (exact) mass is 280 g/mol. The topological polar surface area (TPSA) is 15.3 Å². The second-order valence-electron chi connectivity index (χ2n) is 5.78. The standard InChI is InChI=1S/C16H28N2S/c1-3-9-17-10-4-5-14(2)18(16-6-7-16)12-15-8-11-19-13-15/h8,11,13-14,16-17H,3-7,9-10,12H2,1-2H3. The first-order valence-corrected chi connectivity index (χ1v) is 8.73. The molecule has 0 saturated heterocycles. The van der Waals surface area contributed by atoms with Crippen molar-refractivity contribution in [2.24, 2.45) is 0 Å². The SMILES string of the molecule is CCCNCCCC(C)N(Cc1ccsc1)C1CC1. The van der Waals surface area contributed by atoms with Crippen LogP contribution in [0.1, 0.15) is 51.5 Å². The van der Waals surface area contributed by atoms with Crippen LogP contribution < -0.4 is 5.32 Å². The van der Waals surface area contributed by atoms with Crippen molar-refractivity contribution in [1.82, 2.24) is 10.2 Å². The first kappa shape index (κ1) is 15.0. The molecule has 1 atom stereocenters. The molecular formula is C16H28N2S. The lowest BCUT2D eigenvalue weighted by Crippen LogP contribution is -2.35. The smallest absolute Gasteiger partial charge is 0.0247 e. The van der Waals surface area contributed by atoms with Crippen molar-refractivity contribution in [3.63, 3.8) is 0 Å². The average molecular weight is 280 g/mol. The van der Waals surface area contributed by atoms with Crippen LogP contribution in [0.2, 0.25) is 0 Å². The summed E-state index contributed by atoms with van der Waals surface area (Å²) >= 11 is 1.82. The molecule has 1 unspecified atom stereocenters. The van der Waals surface area contributed by atoms with Gasteiger partial charge in [-0.15, -0.1) is 0 Å². The van der Waals surface area contributed by atoms with Crippen LogP contribution in [0, 0.1) is 0 Å². The quantitative estimate of drug-likeness (QED) is 0.654. The average Bonchev–Trinajstić information content (AvgIpc) is 3.12. The number of thiophene rings is 1. The van der Waals surface area contributed by atoms with E-state index in [0.29, 0.717) is 0 Å². The van der Waals surface area contributed by atoms with Crippen molar-refractivity contribution in [3.8, 4) is 0 Å². The van der Waals surface area contributed by atoms with Gasteiger partial charge in [-0.3, -0.25) is 4.90 Å². The summed E-state index contributed by atoms with van der Waals surface area (Å²) in [6, 6.07) is 3.85. The van der Waals surface area contributed by atoms with Crippen LogP contribution in [0.25, 0.3) is 0 Å². The predicted octanol–water partition coefficient (Wildman–Crippen LogP) is 3.88. The molecular weight excluding hydrogens is 252 g/mol. The van der Waals surface area contributed by atoms with E-state index in [4.69, 9.17) is 0 Å². The van der Waals surface area contributed by atoms with E-state index >= 15 is 0 Å². The van der Waals surface area contributed by atoms with Gasteiger partial charge in [-0.2, -0.15) is 11.3 Å². The summed E-state index contributed by atoms with van der Waals surface area (Å²) in [5.74, 6) is 0. The Kier molecular flexibility index (Phi) is 6.35. The molecule has 0 amide bonds. The molecule has 2 rings (SSSR count). The van der Waals surface area contributed by atoms with E-state index in [0.717, 1.165) is 25.2 Å². The third kappa shape index (κ3) is 5.25. The zero-order chi connectivity index (χ0) is 13.5. The summed E-state index contributed by atoms with van der Waals surface area (Å²) < 4.78 is 0. The Morgan fingerprint density at radius 1 is 1.42 bits per heavy atom. The number of nitrogens with zero attached hydrogens (tertiary/aromatic N) is 1. The van der Waals surface area contributed by atoms with E-state index in [1.807, 2.05) is 11.3 Å². The maximum atomic E-state index is 3.50. The van der Waals surface area contributed by atoms with Gasteiger partial charge in [0, 0.05) is 18.6 Å². The maximum Gasteiger partial charge on any atom is 0.0247 e. The third-order valence-electron chi connectivity index (χ3n) is 3.93. The van der Waals surface area contributed by atoms with Crippen molar-refractivity contribution in [1.29, 1.82) is 0 Å². The van der Waals surface area contributed by atoms with Gasteiger partial charge in [0.15, 0.2) is 0 Å². The summed E-state index contributed by atoms with van der Waals surface area (Å²) in [4.78, 5) is 2.72. The van der Waals surface area contributed by atoms with Crippen molar-refractivity contribution < 1.29 is 0 Å². The van der Waals surface area contributed by atoms with E-state index in [1.54, 1.807) is 0 Å². The van der Waals surface area contributed by atoms with E-state index in [-0.39, 0.29) is 0 Å². The fourth-order valence-corrected chi connectivity index (χ4v) is 3.29. The highest BCUT2D eigenvalue weighted by Gasteiger charge is 2.31. The number of hydrogen-bond acceptors (Lipinski definition) is 3. The number of rotatable bonds is 10. The van der Waals surface area contributed by atoms with Gasteiger partial charge in [0.1, 0.15) is 0 Å². The Hall–Kier alpha value is -0.380. The van der Waals surface area contributed by atoms with Gasteiger partial charge in [-0.05, 0) is 74.5 Å². The molecule has 1 heterocycles. The molecule has 1 aliphatic carbocycles.